The summed E-state index contributed by atoms with van der Waals surface area (Å²) in [6.07, 6.45) is 1.31. The minimum absolute atomic E-state index is 0.00856. The Morgan fingerprint density at radius 3 is 2.59 bits per heavy atom. The molecule has 0 unspecified atom stereocenters. The van der Waals surface area contributed by atoms with Gasteiger partial charge in [-0.2, -0.15) is 5.10 Å². The number of carbonyl (C=O) groups is 1. The van der Waals surface area contributed by atoms with Crippen LogP contribution >= 0.6 is 27.5 Å². The van der Waals surface area contributed by atoms with E-state index in [0.717, 1.165) is 8.78 Å². The van der Waals surface area contributed by atoms with Gasteiger partial charge in [0.15, 0.2) is 0 Å². The molecule has 1 aromatic heterocycles. The molecular formula is C21H19BrClN3O5S. The summed E-state index contributed by atoms with van der Waals surface area (Å²) in [4.78, 5) is 12.6. The monoisotopic (exact) mass is 539 g/mol. The first-order valence-electron chi connectivity index (χ1n) is 9.21. The summed E-state index contributed by atoms with van der Waals surface area (Å²) in [5.74, 6) is 0.636. The first-order chi connectivity index (χ1) is 15.2. The maximum Gasteiger partial charge on any atom is 0.264 e. The van der Waals surface area contributed by atoms with Gasteiger partial charge in [0.1, 0.15) is 23.8 Å². The molecular weight excluding hydrogens is 522 g/mol. The molecule has 8 nitrogen and oxygen atoms in total. The molecule has 0 aliphatic carbocycles. The minimum atomic E-state index is -4.12. The number of benzene rings is 2. The van der Waals surface area contributed by atoms with E-state index in [-0.39, 0.29) is 21.4 Å². The number of rotatable bonds is 8. The second-order valence-electron chi connectivity index (χ2n) is 6.49. The third kappa shape index (κ3) is 5.50. The van der Waals surface area contributed by atoms with Crippen LogP contribution < -0.4 is 14.5 Å². The highest BCUT2D eigenvalue weighted by atomic mass is 79.9. The topological polar surface area (TPSA) is 101 Å². The Hall–Kier alpha value is -2.82. The first-order valence-corrected chi connectivity index (χ1v) is 11.8. The maximum absolute atomic E-state index is 13.4. The molecule has 0 fully saturated rings. The highest BCUT2D eigenvalue weighted by Crippen LogP contribution is 2.34. The van der Waals surface area contributed by atoms with Crippen molar-refractivity contribution in [2.75, 3.05) is 18.0 Å². The number of halogens is 2. The number of amides is 1. The van der Waals surface area contributed by atoms with E-state index in [4.69, 9.17) is 20.8 Å². The molecule has 32 heavy (non-hydrogen) atoms. The van der Waals surface area contributed by atoms with Crippen molar-refractivity contribution in [3.63, 3.8) is 0 Å². The molecule has 1 amide bonds. The lowest BCUT2D eigenvalue weighted by molar-refractivity contribution is -0.119. The molecule has 0 saturated heterocycles. The zero-order valence-electron chi connectivity index (χ0n) is 17.1. The lowest BCUT2D eigenvalue weighted by atomic mass is 10.3. The van der Waals surface area contributed by atoms with E-state index in [1.54, 1.807) is 37.3 Å². The Balaban J connectivity index is 1.91. The van der Waals surface area contributed by atoms with E-state index in [2.05, 4.69) is 26.5 Å². The fraction of sp³-hybridized carbons (Fsp3) is 0.143. The summed E-state index contributed by atoms with van der Waals surface area (Å²) in [5, 5.41) is 4.12. The van der Waals surface area contributed by atoms with E-state index in [0.29, 0.717) is 11.5 Å². The van der Waals surface area contributed by atoms with Crippen molar-refractivity contribution in [1.29, 1.82) is 0 Å². The molecule has 0 aliphatic rings. The van der Waals surface area contributed by atoms with Crippen molar-refractivity contribution in [1.82, 2.24) is 5.43 Å². The number of carbonyl (C=O) groups excluding carboxylic acids is 1. The van der Waals surface area contributed by atoms with Gasteiger partial charge in [-0.3, -0.25) is 9.10 Å². The van der Waals surface area contributed by atoms with Crippen LogP contribution in [-0.2, 0) is 14.8 Å². The quantitative estimate of drug-likeness (QED) is 0.338. The standard InChI is InChI=1S/C21H19BrClN3O5S/c1-14-18(22)11-16(31-14)12-24-25-21(27)13-26(19-10-15(23)8-9-20(19)30-2)32(28,29)17-6-4-3-5-7-17/h3-12H,13H2,1-2H3,(H,25,27)/b24-12-. The first kappa shape index (κ1) is 23.8. The molecule has 168 valence electrons. The number of furan rings is 1. The Morgan fingerprint density at radius 2 is 1.97 bits per heavy atom. The number of hydrazone groups is 1. The van der Waals surface area contributed by atoms with Gasteiger partial charge in [-0.15, -0.1) is 0 Å². The van der Waals surface area contributed by atoms with Gasteiger partial charge in [-0.05, 0) is 53.2 Å². The van der Waals surface area contributed by atoms with E-state index < -0.39 is 22.5 Å². The fourth-order valence-corrected chi connectivity index (χ4v) is 4.67. The zero-order valence-corrected chi connectivity index (χ0v) is 20.2. The highest BCUT2D eigenvalue weighted by Gasteiger charge is 2.29. The largest absolute Gasteiger partial charge is 0.495 e. The summed E-state index contributed by atoms with van der Waals surface area (Å²) in [6, 6.07) is 13.9. The highest BCUT2D eigenvalue weighted by molar-refractivity contribution is 9.10. The van der Waals surface area contributed by atoms with Gasteiger partial charge >= 0.3 is 0 Å². The van der Waals surface area contributed by atoms with Gasteiger partial charge in [0.25, 0.3) is 15.9 Å². The average Bonchev–Trinajstić information content (AvgIpc) is 3.09. The van der Waals surface area contributed by atoms with Crippen LogP contribution in [0, 0.1) is 6.92 Å². The average molecular weight is 541 g/mol. The molecule has 0 aliphatic heterocycles. The summed E-state index contributed by atoms with van der Waals surface area (Å²) in [6.45, 7) is 1.21. The minimum Gasteiger partial charge on any atom is -0.495 e. The molecule has 2 aromatic carbocycles. The number of aryl methyl sites for hydroxylation is 1. The van der Waals surface area contributed by atoms with E-state index in [1.165, 1.54) is 37.6 Å². The number of hydrogen-bond donors (Lipinski definition) is 1. The van der Waals surface area contributed by atoms with Crippen LogP contribution in [-0.4, -0.2) is 34.2 Å². The van der Waals surface area contributed by atoms with Crippen LogP contribution in [0.3, 0.4) is 0 Å². The van der Waals surface area contributed by atoms with Crippen LogP contribution in [0.4, 0.5) is 5.69 Å². The Labute approximate surface area is 199 Å². The summed E-state index contributed by atoms with van der Waals surface area (Å²) >= 11 is 9.42. The van der Waals surface area contributed by atoms with Crippen LogP contribution in [0.5, 0.6) is 5.75 Å². The van der Waals surface area contributed by atoms with Gasteiger partial charge in [0.05, 0.1) is 28.4 Å². The van der Waals surface area contributed by atoms with Crippen LogP contribution in [0.1, 0.15) is 11.5 Å². The van der Waals surface area contributed by atoms with Gasteiger partial charge in [0.2, 0.25) is 0 Å². The number of anilines is 1. The lowest BCUT2D eigenvalue weighted by Crippen LogP contribution is -2.39. The number of hydrogen-bond acceptors (Lipinski definition) is 6. The molecule has 0 saturated carbocycles. The van der Waals surface area contributed by atoms with Crippen LogP contribution in [0.2, 0.25) is 5.02 Å². The van der Waals surface area contributed by atoms with Crippen molar-refractivity contribution in [3.05, 3.63) is 75.6 Å². The van der Waals surface area contributed by atoms with E-state index >= 15 is 0 Å². The third-order valence-corrected chi connectivity index (χ3v) is 7.08. The van der Waals surface area contributed by atoms with Crippen molar-refractivity contribution in [2.24, 2.45) is 5.10 Å². The van der Waals surface area contributed by atoms with Crippen molar-refractivity contribution >= 4 is 55.4 Å². The van der Waals surface area contributed by atoms with Gasteiger partial charge in [-0.1, -0.05) is 29.8 Å². The lowest BCUT2D eigenvalue weighted by Gasteiger charge is -2.25. The van der Waals surface area contributed by atoms with Gasteiger partial charge in [0, 0.05) is 11.1 Å². The molecule has 11 heteroatoms. The molecule has 1 heterocycles. The maximum atomic E-state index is 13.4. The molecule has 0 spiro atoms. The van der Waals surface area contributed by atoms with Crippen LogP contribution in [0.15, 0.2) is 73.5 Å². The van der Waals surface area contributed by atoms with E-state index in [1.807, 2.05) is 0 Å². The summed E-state index contributed by atoms with van der Waals surface area (Å²) in [5.41, 5.74) is 2.43. The number of ether oxygens (including phenoxy) is 1. The van der Waals surface area contributed by atoms with E-state index in [9.17, 15) is 13.2 Å². The van der Waals surface area contributed by atoms with Crippen molar-refractivity contribution in [2.45, 2.75) is 11.8 Å². The smallest absolute Gasteiger partial charge is 0.264 e. The molecule has 0 atom stereocenters. The summed E-state index contributed by atoms with van der Waals surface area (Å²) in [7, 11) is -2.72. The van der Waals surface area contributed by atoms with Crippen LogP contribution in [0.25, 0.3) is 0 Å². The molecule has 0 radical (unpaired) electrons. The zero-order chi connectivity index (χ0) is 23.3. The Kier molecular flexibility index (Phi) is 7.60. The number of sulfonamides is 1. The SMILES string of the molecule is COc1ccc(Cl)cc1N(CC(=O)N/N=C\c1cc(Br)c(C)o1)S(=O)(=O)c1ccccc1. The normalized spacial score (nSPS) is 11.5. The number of nitrogens with zero attached hydrogens (tertiary/aromatic N) is 2. The van der Waals surface area contributed by atoms with Gasteiger partial charge in [-0.25, -0.2) is 13.8 Å². The summed E-state index contributed by atoms with van der Waals surface area (Å²) < 4.78 is 39.1. The molecule has 3 aromatic rings. The Bertz CT molecular complexity index is 1230. The Morgan fingerprint density at radius 1 is 1.25 bits per heavy atom. The van der Waals surface area contributed by atoms with Crippen molar-refractivity contribution < 1.29 is 22.4 Å². The number of methoxy groups -OCH3 is 1. The molecule has 3 rings (SSSR count). The van der Waals surface area contributed by atoms with Gasteiger partial charge < -0.3 is 9.15 Å². The molecule has 0 bridgehead atoms. The predicted octanol–water partition coefficient (Wildman–Crippen LogP) is 4.36. The fourth-order valence-electron chi connectivity index (χ4n) is 2.76. The number of nitrogens with one attached hydrogen (secondary N) is 1. The van der Waals surface area contributed by atoms with Crippen molar-refractivity contribution in [3.8, 4) is 5.75 Å². The second kappa shape index (κ2) is 10.2. The molecule has 1 N–H and O–H groups in total. The third-order valence-electron chi connectivity index (χ3n) is 4.29. The second-order valence-corrected chi connectivity index (χ2v) is 9.64. The predicted molar refractivity (Wildman–Crippen MR) is 126 cm³/mol.